The van der Waals surface area contributed by atoms with E-state index < -0.39 is 6.61 Å². The average molecular weight is 378 g/mol. The van der Waals surface area contributed by atoms with Crippen LogP contribution in [0.2, 0.25) is 0 Å². The zero-order valence-electron chi connectivity index (χ0n) is 14.2. The Morgan fingerprint density at radius 1 is 1.23 bits per heavy atom. The smallest absolute Gasteiger partial charge is 0.387 e. The summed E-state index contributed by atoms with van der Waals surface area (Å²) in [5.74, 6) is -0.208. The van der Waals surface area contributed by atoms with Crippen LogP contribution in [0.25, 0.3) is 0 Å². The monoisotopic (exact) mass is 378 g/mol. The lowest BCUT2D eigenvalue weighted by Gasteiger charge is -2.14. The Morgan fingerprint density at radius 2 is 2.00 bits per heavy atom. The van der Waals surface area contributed by atoms with Gasteiger partial charge in [-0.3, -0.25) is 4.79 Å². The number of halogens is 2. The Kier molecular flexibility index (Phi) is 6.44. The van der Waals surface area contributed by atoms with E-state index in [1.54, 1.807) is 48.3 Å². The van der Waals surface area contributed by atoms with Crippen LogP contribution in [-0.4, -0.2) is 22.8 Å². The van der Waals surface area contributed by atoms with Crippen LogP contribution in [-0.2, 0) is 6.54 Å². The third kappa shape index (κ3) is 4.94. The van der Waals surface area contributed by atoms with Crippen LogP contribution in [0, 0.1) is 0 Å². The van der Waals surface area contributed by atoms with Crippen molar-refractivity contribution in [3.63, 3.8) is 0 Å². The third-order valence-electron chi connectivity index (χ3n) is 4.22. The van der Waals surface area contributed by atoms with E-state index in [-0.39, 0.29) is 18.2 Å². The Bertz CT molecular complexity index is 752. The fraction of sp³-hybridized carbons (Fsp3) is 0.368. The van der Waals surface area contributed by atoms with Crippen LogP contribution in [0.15, 0.2) is 47.6 Å². The van der Waals surface area contributed by atoms with E-state index in [2.05, 4.69) is 15.0 Å². The van der Waals surface area contributed by atoms with E-state index in [1.165, 1.54) is 18.9 Å². The largest absolute Gasteiger partial charge is 0.434 e. The first-order chi connectivity index (χ1) is 12.6. The van der Waals surface area contributed by atoms with E-state index in [9.17, 15) is 13.6 Å². The normalized spacial score (nSPS) is 14.6. The van der Waals surface area contributed by atoms with Crippen LogP contribution in [0.1, 0.15) is 41.6 Å². The molecule has 0 bridgehead atoms. The van der Waals surface area contributed by atoms with Gasteiger partial charge in [-0.05, 0) is 31.0 Å². The number of nitrogens with zero attached hydrogens (tertiary/aromatic N) is 1. The number of nitrogens with one attached hydrogen (secondary N) is 1. The molecule has 0 unspecified atom stereocenters. The molecule has 138 valence electrons. The second-order valence-electron chi connectivity index (χ2n) is 6.05. The van der Waals surface area contributed by atoms with Gasteiger partial charge in [0.15, 0.2) is 0 Å². The first-order valence-corrected chi connectivity index (χ1v) is 9.44. The SMILES string of the molecule is O=C(NCc1ccccc1OC(F)F)c1cccnc1SC1CCCC1. The van der Waals surface area contributed by atoms with E-state index in [0.717, 1.165) is 12.8 Å². The van der Waals surface area contributed by atoms with E-state index in [1.807, 2.05) is 0 Å². The molecule has 1 saturated carbocycles. The number of ether oxygens (including phenoxy) is 1. The molecule has 26 heavy (non-hydrogen) atoms. The van der Waals surface area contributed by atoms with Gasteiger partial charge in [-0.25, -0.2) is 4.98 Å². The Hall–Kier alpha value is -2.15. The van der Waals surface area contributed by atoms with Crippen LogP contribution >= 0.6 is 11.8 Å². The molecule has 2 aromatic rings. The Morgan fingerprint density at radius 3 is 2.77 bits per heavy atom. The molecule has 1 heterocycles. The number of hydrogen-bond donors (Lipinski definition) is 1. The highest BCUT2D eigenvalue weighted by Gasteiger charge is 2.21. The number of benzene rings is 1. The molecule has 0 aliphatic heterocycles. The molecular formula is C19H20F2N2O2S. The van der Waals surface area contributed by atoms with Gasteiger partial charge in [-0.1, -0.05) is 31.0 Å². The summed E-state index contributed by atoms with van der Waals surface area (Å²) < 4.78 is 29.5. The van der Waals surface area contributed by atoms with Crippen LogP contribution in [0.4, 0.5) is 8.78 Å². The van der Waals surface area contributed by atoms with Gasteiger partial charge in [0.05, 0.1) is 5.56 Å². The highest BCUT2D eigenvalue weighted by molar-refractivity contribution is 7.99. The lowest BCUT2D eigenvalue weighted by molar-refractivity contribution is -0.0504. The van der Waals surface area contributed by atoms with Crippen molar-refractivity contribution in [2.75, 3.05) is 0 Å². The summed E-state index contributed by atoms with van der Waals surface area (Å²) in [5.41, 5.74) is 1.01. The molecule has 3 rings (SSSR count). The number of pyridine rings is 1. The molecule has 0 saturated heterocycles. The maximum absolute atomic E-state index is 12.6. The molecule has 1 N–H and O–H groups in total. The molecular weight excluding hydrogens is 358 g/mol. The van der Waals surface area contributed by atoms with Gasteiger partial charge in [0.1, 0.15) is 10.8 Å². The van der Waals surface area contributed by atoms with E-state index in [4.69, 9.17) is 0 Å². The first-order valence-electron chi connectivity index (χ1n) is 8.56. The minimum Gasteiger partial charge on any atom is -0.434 e. The van der Waals surface area contributed by atoms with Gasteiger partial charge in [0.25, 0.3) is 5.91 Å². The standard InChI is InChI=1S/C19H20F2N2O2S/c20-19(21)25-16-10-4-1-6-13(16)12-23-17(24)15-9-5-11-22-18(15)26-14-7-2-3-8-14/h1,4-6,9-11,14,19H,2-3,7-8,12H2,(H,23,24). The van der Waals surface area contributed by atoms with Gasteiger partial charge in [0.2, 0.25) is 0 Å². The molecule has 1 amide bonds. The van der Waals surface area contributed by atoms with Crippen molar-refractivity contribution in [3.8, 4) is 5.75 Å². The second kappa shape index (κ2) is 8.98. The number of aromatic nitrogens is 1. The van der Waals surface area contributed by atoms with Crippen molar-refractivity contribution in [2.45, 2.75) is 49.1 Å². The molecule has 1 aromatic heterocycles. The van der Waals surface area contributed by atoms with Gasteiger partial charge in [-0.2, -0.15) is 8.78 Å². The van der Waals surface area contributed by atoms with Crippen molar-refractivity contribution < 1.29 is 18.3 Å². The number of rotatable bonds is 7. The minimum atomic E-state index is -2.90. The van der Waals surface area contributed by atoms with Crippen LogP contribution in [0.3, 0.4) is 0 Å². The third-order valence-corrected chi connectivity index (χ3v) is 5.58. The summed E-state index contributed by atoms with van der Waals surface area (Å²) in [5, 5.41) is 3.99. The molecule has 1 aliphatic carbocycles. The minimum absolute atomic E-state index is 0.0644. The second-order valence-corrected chi connectivity index (χ2v) is 7.34. The summed E-state index contributed by atoms with van der Waals surface area (Å²) in [6.07, 6.45) is 6.39. The molecule has 0 spiro atoms. The topological polar surface area (TPSA) is 51.2 Å². The summed E-state index contributed by atoms with van der Waals surface area (Å²) in [6.45, 7) is -2.80. The Labute approximate surface area is 155 Å². The lowest BCUT2D eigenvalue weighted by atomic mass is 10.2. The molecule has 0 atom stereocenters. The molecule has 7 heteroatoms. The zero-order valence-corrected chi connectivity index (χ0v) is 15.0. The molecule has 1 aliphatic rings. The van der Waals surface area contributed by atoms with Crippen LogP contribution in [0.5, 0.6) is 5.75 Å². The van der Waals surface area contributed by atoms with Crippen molar-refractivity contribution in [1.29, 1.82) is 0 Å². The molecule has 1 fully saturated rings. The van der Waals surface area contributed by atoms with Crippen molar-refractivity contribution in [2.24, 2.45) is 0 Å². The van der Waals surface area contributed by atoms with Gasteiger partial charge in [-0.15, -0.1) is 11.8 Å². The van der Waals surface area contributed by atoms with Crippen molar-refractivity contribution in [1.82, 2.24) is 10.3 Å². The fourth-order valence-electron chi connectivity index (χ4n) is 2.95. The maximum Gasteiger partial charge on any atom is 0.387 e. The summed E-state index contributed by atoms with van der Waals surface area (Å²) in [7, 11) is 0. The number of para-hydroxylation sites is 1. The van der Waals surface area contributed by atoms with E-state index in [0.29, 0.717) is 21.4 Å². The predicted molar refractivity (Wildman–Crippen MR) is 96.6 cm³/mol. The summed E-state index contributed by atoms with van der Waals surface area (Å²) in [4.78, 5) is 16.9. The highest BCUT2D eigenvalue weighted by atomic mass is 32.2. The molecule has 1 aromatic carbocycles. The van der Waals surface area contributed by atoms with Crippen molar-refractivity contribution >= 4 is 17.7 Å². The summed E-state index contributed by atoms with van der Waals surface area (Å²) >= 11 is 1.64. The number of alkyl halides is 2. The average Bonchev–Trinajstić information content (AvgIpc) is 3.14. The number of carbonyl (C=O) groups excluding carboxylic acids is 1. The number of hydrogen-bond acceptors (Lipinski definition) is 4. The van der Waals surface area contributed by atoms with Gasteiger partial charge >= 0.3 is 6.61 Å². The highest BCUT2D eigenvalue weighted by Crippen LogP contribution is 2.35. The maximum atomic E-state index is 12.6. The number of amides is 1. The molecule has 0 radical (unpaired) electrons. The fourth-order valence-corrected chi connectivity index (χ4v) is 4.25. The van der Waals surface area contributed by atoms with E-state index >= 15 is 0 Å². The zero-order chi connectivity index (χ0) is 18.4. The van der Waals surface area contributed by atoms with Crippen LogP contribution < -0.4 is 10.1 Å². The lowest BCUT2D eigenvalue weighted by Crippen LogP contribution is -2.24. The first kappa shape index (κ1) is 18.6. The van der Waals surface area contributed by atoms with Gasteiger partial charge in [0, 0.05) is 23.6 Å². The predicted octanol–water partition coefficient (Wildman–Crippen LogP) is 4.65. The van der Waals surface area contributed by atoms with Gasteiger partial charge < -0.3 is 10.1 Å². The molecule has 4 nitrogen and oxygen atoms in total. The number of carbonyl (C=O) groups is 1. The number of thioether (sulfide) groups is 1. The Balaban J connectivity index is 1.67. The quantitative estimate of drug-likeness (QED) is 0.762. The van der Waals surface area contributed by atoms with Crippen molar-refractivity contribution in [3.05, 3.63) is 53.7 Å². The summed E-state index contributed by atoms with van der Waals surface area (Å²) in [6, 6.07) is 9.89.